The number of nitriles is 2. The molecule has 2 nitrogen and oxygen atoms in total. The molecule has 0 unspecified atom stereocenters. The molecule has 0 N–H and O–H groups in total. The Morgan fingerprint density at radius 3 is 2.44 bits per heavy atom. The summed E-state index contributed by atoms with van der Waals surface area (Å²) < 4.78 is 13.4. The van der Waals surface area contributed by atoms with E-state index in [0.29, 0.717) is 11.5 Å². The molecule has 0 amide bonds. The molecule has 0 saturated heterocycles. The van der Waals surface area contributed by atoms with E-state index in [0.717, 1.165) is 12.0 Å². The lowest BCUT2D eigenvalue weighted by molar-refractivity contribution is 0.613. The molecule has 3 heteroatoms. The standard InChI is InChI=1S/C13H13FN2/c1-9(2)5-11-6-12(8-16)13(14)7-10(11)3-4-15/h6-7,9H,3,5H2,1-2H3. The minimum absolute atomic E-state index is 0.0531. The van der Waals surface area contributed by atoms with Crippen molar-refractivity contribution in [3.05, 3.63) is 34.6 Å². The van der Waals surface area contributed by atoms with Crippen LogP contribution in [0.5, 0.6) is 0 Å². The summed E-state index contributed by atoms with van der Waals surface area (Å²) in [6.45, 7) is 4.09. The summed E-state index contributed by atoms with van der Waals surface area (Å²) in [6.07, 6.45) is 0.941. The predicted octanol–water partition coefficient (Wildman–Crippen LogP) is 2.96. The lowest BCUT2D eigenvalue weighted by atomic mass is 9.94. The third-order valence-corrected chi connectivity index (χ3v) is 2.31. The largest absolute Gasteiger partial charge is 0.206 e. The van der Waals surface area contributed by atoms with Gasteiger partial charge in [-0.2, -0.15) is 10.5 Å². The number of hydrogen-bond donors (Lipinski definition) is 0. The molecule has 0 bridgehead atoms. The third kappa shape index (κ3) is 2.81. The fourth-order valence-electron chi connectivity index (χ4n) is 1.62. The first kappa shape index (κ1) is 12.2. The zero-order chi connectivity index (χ0) is 12.1. The van der Waals surface area contributed by atoms with Crippen LogP contribution in [0.25, 0.3) is 0 Å². The van der Waals surface area contributed by atoms with Crippen molar-refractivity contribution >= 4 is 0 Å². The van der Waals surface area contributed by atoms with Gasteiger partial charge in [0.05, 0.1) is 18.1 Å². The normalized spacial score (nSPS) is 9.88. The van der Waals surface area contributed by atoms with Crippen molar-refractivity contribution in [2.45, 2.75) is 26.7 Å². The fourth-order valence-corrected chi connectivity index (χ4v) is 1.62. The van der Waals surface area contributed by atoms with Crippen LogP contribution in [0.15, 0.2) is 12.1 Å². The van der Waals surface area contributed by atoms with Crippen LogP contribution < -0.4 is 0 Å². The van der Waals surface area contributed by atoms with Gasteiger partial charge in [0.25, 0.3) is 0 Å². The predicted molar refractivity (Wildman–Crippen MR) is 59.0 cm³/mol. The molecule has 0 spiro atoms. The number of hydrogen-bond acceptors (Lipinski definition) is 2. The Hall–Kier alpha value is -1.87. The molecule has 0 heterocycles. The summed E-state index contributed by atoms with van der Waals surface area (Å²) in [5.74, 6) is -0.130. The number of nitrogens with zero attached hydrogens (tertiary/aromatic N) is 2. The van der Waals surface area contributed by atoms with Gasteiger partial charge in [0, 0.05) is 0 Å². The first-order chi connectivity index (χ1) is 7.58. The third-order valence-electron chi connectivity index (χ3n) is 2.31. The van der Waals surface area contributed by atoms with Gasteiger partial charge in [-0.3, -0.25) is 0 Å². The highest BCUT2D eigenvalue weighted by Crippen LogP contribution is 2.19. The molecule has 1 aromatic carbocycles. The quantitative estimate of drug-likeness (QED) is 0.779. The maximum absolute atomic E-state index is 13.4. The molecule has 0 aliphatic carbocycles. The van der Waals surface area contributed by atoms with E-state index in [-0.39, 0.29) is 12.0 Å². The highest BCUT2D eigenvalue weighted by Gasteiger charge is 2.10. The van der Waals surface area contributed by atoms with Gasteiger partial charge in [-0.15, -0.1) is 0 Å². The number of halogens is 1. The summed E-state index contributed by atoms with van der Waals surface area (Å²) in [6, 6.07) is 6.70. The second-order valence-electron chi connectivity index (χ2n) is 4.15. The van der Waals surface area contributed by atoms with Crippen LogP contribution in [-0.4, -0.2) is 0 Å². The Kier molecular flexibility index (Phi) is 4.03. The van der Waals surface area contributed by atoms with Crippen molar-refractivity contribution in [3.8, 4) is 12.1 Å². The molecule has 1 aromatic rings. The van der Waals surface area contributed by atoms with Gasteiger partial charge >= 0.3 is 0 Å². The highest BCUT2D eigenvalue weighted by molar-refractivity contribution is 5.40. The Bertz CT molecular complexity index is 464. The molecule has 0 aliphatic heterocycles. The van der Waals surface area contributed by atoms with Crippen LogP contribution in [0.4, 0.5) is 4.39 Å². The minimum Gasteiger partial charge on any atom is -0.206 e. The molecule has 0 aliphatic rings. The minimum atomic E-state index is -0.541. The topological polar surface area (TPSA) is 47.6 Å². The first-order valence-electron chi connectivity index (χ1n) is 5.16. The monoisotopic (exact) mass is 216 g/mol. The number of rotatable bonds is 3. The van der Waals surface area contributed by atoms with Gasteiger partial charge in [-0.1, -0.05) is 13.8 Å². The van der Waals surface area contributed by atoms with Crippen molar-refractivity contribution in [2.24, 2.45) is 5.92 Å². The zero-order valence-electron chi connectivity index (χ0n) is 9.42. The van der Waals surface area contributed by atoms with Gasteiger partial charge in [0.1, 0.15) is 11.9 Å². The second-order valence-corrected chi connectivity index (χ2v) is 4.15. The second kappa shape index (κ2) is 5.28. The van der Waals surface area contributed by atoms with Crippen molar-refractivity contribution in [1.82, 2.24) is 0 Å². The van der Waals surface area contributed by atoms with E-state index in [1.807, 2.05) is 26.0 Å². The number of benzene rings is 1. The van der Waals surface area contributed by atoms with E-state index in [2.05, 4.69) is 0 Å². The maximum Gasteiger partial charge on any atom is 0.141 e. The summed E-state index contributed by atoms with van der Waals surface area (Å²) in [4.78, 5) is 0. The van der Waals surface area contributed by atoms with Gasteiger partial charge in [-0.25, -0.2) is 4.39 Å². The zero-order valence-corrected chi connectivity index (χ0v) is 9.42. The van der Waals surface area contributed by atoms with Gasteiger partial charge < -0.3 is 0 Å². The SMILES string of the molecule is CC(C)Cc1cc(C#N)c(F)cc1CC#N. The highest BCUT2D eigenvalue weighted by atomic mass is 19.1. The van der Waals surface area contributed by atoms with Crippen LogP contribution in [-0.2, 0) is 12.8 Å². The molecule has 0 saturated carbocycles. The Morgan fingerprint density at radius 1 is 1.25 bits per heavy atom. The first-order valence-corrected chi connectivity index (χ1v) is 5.16. The van der Waals surface area contributed by atoms with Gasteiger partial charge in [0.2, 0.25) is 0 Å². The van der Waals surface area contributed by atoms with E-state index in [9.17, 15) is 4.39 Å². The molecule has 0 radical (unpaired) electrons. The molecule has 82 valence electrons. The molecule has 0 atom stereocenters. The van der Waals surface area contributed by atoms with E-state index in [1.165, 1.54) is 6.07 Å². The average Bonchev–Trinajstić information content (AvgIpc) is 2.21. The van der Waals surface area contributed by atoms with Gasteiger partial charge in [-0.05, 0) is 35.6 Å². The summed E-state index contributed by atoms with van der Waals surface area (Å²) in [5, 5.41) is 17.4. The van der Waals surface area contributed by atoms with Crippen LogP contribution in [0.1, 0.15) is 30.5 Å². The van der Waals surface area contributed by atoms with Crippen molar-refractivity contribution in [2.75, 3.05) is 0 Å². The van der Waals surface area contributed by atoms with Crippen molar-refractivity contribution in [1.29, 1.82) is 10.5 Å². The van der Waals surface area contributed by atoms with Gasteiger partial charge in [0.15, 0.2) is 0 Å². The van der Waals surface area contributed by atoms with E-state index >= 15 is 0 Å². The summed E-state index contributed by atoms with van der Waals surface area (Å²) >= 11 is 0. The fraction of sp³-hybridized carbons (Fsp3) is 0.385. The van der Waals surface area contributed by atoms with E-state index in [4.69, 9.17) is 10.5 Å². The van der Waals surface area contributed by atoms with E-state index < -0.39 is 5.82 Å². The van der Waals surface area contributed by atoms with Crippen molar-refractivity contribution < 1.29 is 4.39 Å². The van der Waals surface area contributed by atoms with Crippen LogP contribution in [0, 0.1) is 34.4 Å². The van der Waals surface area contributed by atoms with Crippen LogP contribution in [0.3, 0.4) is 0 Å². The summed E-state index contributed by atoms with van der Waals surface area (Å²) in [5.41, 5.74) is 1.64. The lowest BCUT2D eigenvalue weighted by Crippen LogP contribution is -2.02. The molecule has 0 aromatic heterocycles. The smallest absolute Gasteiger partial charge is 0.141 e. The molecular formula is C13H13FN2. The summed E-state index contributed by atoms with van der Waals surface area (Å²) in [7, 11) is 0. The molecule has 1 rings (SSSR count). The Labute approximate surface area is 94.9 Å². The van der Waals surface area contributed by atoms with Crippen LogP contribution >= 0.6 is 0 Å². The molecular weight excluding hydrogens is 203 g/mol. The van der Waals surface area contributed by atoms with Crippen LogP contribution in [0.2, 0.25) is 0 Å². The molecule has 16 heavy (non-hydrogen) atoms. The maximum atomic E-state index is 13.4. The van der Waals surface area contributed by atoms with E-state index in [1.54, 1.807) is 6.07 Å². The lowest BCUT2D eigenvalue weighted by Gasteiger charge is -2.10. The Balaban J connectivity index is 3.21. The molecule has 0 fully saturated rings. The Morgan fingerprint density at radius 2 is 1.94 bits per heavy atom. The van der Waals surface area contributed by atoms with Crippen molar-refractivity contribution in [3.63, 3.8) is 0 Å². The average molecular weight is 216 g/mol.